The molecule has 0 aromatic heterocycles. The molecule has 2 aromatic rings. The first-order valence-corrected chi connectivity index (χ1v) is 39.2. The van der Waals surface area contributed by atoms with Crippen molar-refractivity contribution in [3.8, 4) is 23.0 Å². The van der Waals surface area contributed by atoms with Gasteiger partial charge in [0.25, 0.3) is 20.2 Å². The van der Waals surface area contributed by atoms with Crippen molar-refractivity contribution < 1.29 is 114 Å². The summed E-state index contributed by atoms with van der Waals surface area (Å²) in [6.45, 7) is 1.30. The van der Waals surface area contributed by atoms with E-state index in [9.17, 15) is 25.9 Å². The van der Waals surface area contributed by atoms with Crippen molar-refractivity contribution in [3.63, 3.8) is 0 Å². The van der Waals surface area contributed by atoms with E-state index in [1.165, 1.54) is 80.7 Å². The Kier molecular flexibility index (Phi) is 19.6. The highest BCUT2D eigenvalue weighted by Gasteiger charge is 2.80. The fourth-order valence-electron chi connectivity index (χ4n) is 16.6. The van der Waals surface area contributed by atoms with E-state index in [4.69, 9.17) is 61.1 Å². The highest BCUT2D eigenvalue weighted by Crippen LogP contribution is 2.60. The van der Waals surface area contributed by atoms with E-state index >= 15 is 38.4 Å². The van der Waals surface area contributed by atoms with Crippen molar-refractivity contribution in [1.29, 1.82) is 0 Å². The fourth-order valence-corrected chi connectivity index (χ4v) is 17.9. The van der Waals surface area contributed by atoms with E-state index in [1.807, 2.05) is 0 Å². The molecular weight excluding hydrogens is 1580 g/mol. The van der Waals surface area contributed by atoms with Gasteiger partial charge in [0, 0.05) is 32.9 Å². The molecule has 11 saturated heterocycles. The summed E-state index contributed by atoms with van der Waals surface area (Å²) in [5.74, 6) is 0.110. The second-order valence-corrected chi connectivity index (χ2v) is 33.2. The molecule has 11 fully saturated rings. The van der Waals surface area contributed by atoms with Crippen molar-refractivity contribution in [2.45, 2.75) is 125 Å². The third kappa shape index (κ3) is 11.3. The Morgan fingerprint density at radius 2 is 0.585 bits per heavy atom. The van der Waals surface area contributed by atoms with Gasteiger partial charge >= 0.3 is 48.2 Å². The average Bonchev–Trinajstić information content (AvgIpc) is 1.49. The number of urea groups is 8. The molecule has 2 aromatic carbocycles. The normalized spacial score (nSPS) is 28.0. The van der Waals surface area contributed by atoms with E-state index in [1.54, 1.807) is 49.6 Å². The van der Waals surface area contributed by atoms with E-state index in [-0.39, 0.29) is 63.7 Å². The lowest BCUT2D eigenvalue weighted by atomic mass is 9.95. The molecule has 0 aliphatic carbocycles. The Morgan fingerprint density at radius 1 is 0.377 bits per heavy atom. The molecule has 584 valence electrons. The average molecular weight is 1670 g/mol. The number of hydrogen-bond donors (Lipinski definition) is 10. The SMILES string of the molecule is CC12N3Cc4c(OCCBr)ccc(OCCBr)c4CN1C(=O)N1CN4C(=O)N5CN6C(=O)N7CN8C(=O)N9Cc%10c(OCCCS(=O)(=O)O)ccc(OCCCS(=O)(=O)O)c%10CN%10C(=O)N(CN%11C(=O)N(CN%12C(=O)N(CN(C3=O)C12C)C4C%125)C6C%117)C8(C)C%109C.NC(CO)(CO)CO.NC(CO)(CO)CO. The number of carbonyl (C=O) groups is 8. The summed E-state index contributed by atoms with van der Waals surface area (Å²) in [5.41, 5.74) is 3.59. The predicted octanol–water partition coefficient (Wildman–Crippen LogP) is -2.55. The first-order chi connectivity index (χ1) is 50.0. The summed E-state index contributed by atoms with van der Waals surface area (Å²) < 4.78 is 90.0. The number of nitrogens with zero attached hydrogens (tertiary/aromatic N) is 16. The van der Waals surface area contributed by atoms with Gasteiger partial charge < -0.3 is 61.1 Å². The number of carbonyl (C=O) groups excluding carboxylic acids is 8. The molecule has 13 aliphatic rings. The minimum absolute atomic E-state index is 0.0172. The molecule has 12 N–H and O–H groups in total. The second kappa shape index (κ2) is 27.1. The van der Waals surface area contributed by atoms with Crippen molar-refractivity contribution in [3.05, 3.63) is 46.5 Å². The standard InChI is InChI=1S/C52H62Br2N16O18S2.2C4H11NO3/c1-49-51(3)67-25-59-39-37-55(41(59)71)23-57-38-40-61(43(57)73)27-69-47(77)65-21-31-32(36(88-16-12-54)10-9-35(31)87-15-11-53)22-66-48(78)70(52(69,4)50(65,66)2)28-62(40)44(74)58(38)24-56(37)42(72)60(39)26-68(51)46(76)64(49)20-30-29(19-63(49)45(67)75)33(85-13-5-17-89(79,80)81)7-8-34(30)86-14-6-18-90(82,83)84;2*5-4(1-6,2-7)3-8/h7-10,37-40H,5-6,11-28H2,1-4H3,(H,79,80,81)(H,82,83,84);2*6-8H,1-3,5H2. The van der Waals surface area contributed by atoms with Crippen molar-refractivity contribution >= 4 is 100 Å². The Bertz CT molecular complexity index is 3930. The lowest BCUT2D eigenvalue weighted by molar-refractivity contribution is -0.0871. The lowest BCUT2D eigenvalue weighted by Crippen LogP contribution is -2.69. The predicted molar refractivity (Wildman–Crippen MR) is 366 cm³/mol. The Morgan fingerprint density at radius 3 is 0.783 bits per heavy atom. The van der Waals surface area contributed by atoms with Crippen LogP contribution in [0.3, 0.4) is 0 Å². The summed E-state index contributed by atoms with van der Waals surface area (Å²) in [6, 6.07) is 1.58. The molecule has 16 amide bonds. The number of benzene rings is 2. The smallest absolute Gasteiger partial charge is 0.326 e. The number of nitrogens with two attached hydrogens (primary N) is 2. The van der Waals surface area contributed by atoms with Crippen molar-refractivity contribution in [2.75, 3.05) is 128 Å². The Balaban J connectivity index is 0.000000560. The minimum Gasteiger partial charge on any atom is -0.493 e. The van der Waals surface area contributed by atoms with Crippen LogP contribution < -0.4 is 30.4 Å². The van der Waals surface area contributed by atoms with Gasteiger partial charge in [0.2, 0.25) is 0 Å². The minimum atomic E-state index is -4.35. The molecule has 0 atom stereocenters. The van der Waals surface area contributed by atoms with Crippen molar-refractivity contribution in [1.82, 2.24) is 78.4 Å². The van der Waals surface area contributed by atoms with Crippen LogP contribution in [0, 0.1) is 0 Å². The molecule has 0 saturated carbocycles. The highest BCUT2D eigenvalue weighted by atomic mass is 79.9. The van der Waals surface area contributed by atoms with Crippen molar-refractivity contribution in [2.24, 2.45) is 11.5 Å². The maximum absolute atomic E-state index is 15.6. The van der Waals surface area contributed by atoms with E-state index in [0.717, 1.165) is 0 Å². The first kappa shape index (κ1) is 76.5. The fraction of sp³-hybridized carbons (Fsp3) is 0.667. The monoisotopic (exact) mass is 1660 g/mol. The molecule has 0 spiro atoms. The van der Waals surface area contributed by atoms with E-state index in [2.05, 4.69) is 31.9 Å². The van der Waals surface area contributed by atoms with Crippen LogP contribution in [0.1, 0.15) is 62.8 Å². The Hall–Kier alpha value is -7.74. The van der Waals surface area contributed by atoms with Gasteiger partial charge in [-0.2, -0.15) is 16.8 Å². The number of rotatable bonds is 22. The van der Waals surface area contributed by atoms with Crippen LogP contribution in [0.4, 0.5) is 38.4 Å². The molecule has 106 heavy (non-hydrogen) atoms. The molecule has 0 unspecified atom stereocenters. The van der Waals surface area contributed by atoms with Crippen LogP contribution in [0.15, 0.2) is 24.3 Å². The zero-order valence-electron chi connectivity index (χ0n) is 58.0. The largest absolute Gasteiger partial charge is 0.493 e. The summed E-state index contributed by atoms with van der Waals surface area (Å²) in [6.07, 6.45) is -5.05. The zero-order valence-corrected chi connectivity index (χ0v) is 62.8. The van der Waals surface area contributed by atoms with E-state index in [0.29, 0.717) is 57.6 Å². The van der Waals surface area contributed by atoms with Crippen LogP contribution >= 0.6 is 31.9 Å². The highest BCUT2D eigenvalue weighted by molar-refractivity contribution is 9.09. The lowest BCUT2D eigenvalue weighted by Gasteiger charge is -2.49. The second-order valence-electron chi connectivity index (χ2n) is 28.4. The summed E-state index contributed by atoms with van der Waals surface area (Å²) in [4.78, 5) is 147. The molecule has 46 heteroatoms. The van der Waals surface area contributed by atoms with Crippen LogP contribution in [0.5, 0.6) is 23.0 Å². The molecule has 15 rings (SSSR count). The number of aliphatic hydroxyl groups is 6. The maximum Gasteiger partial charge on any atom is 0.326 e. The zero-order chi connectivity index (χ0) is 76.8. The molecule has 13 aliphatic heterocycles. The van der Waals surface area contributed by atoms with Crippen LogP contribution in [0.25, 0.3) is 0 Å². The number of fused-ring (bicyclic) bond motifs is 2. The Labute approximate surface area is 623 Å². The number of aliphatic hydroxyl groups excluding tert-OH is 6. The molecular formula is C60H84Br2N18O24S2. The van der Waals surface area contributed by atoms with Gasteiger partial charge in [0.05, 0.1) is 115 Å². The van der Waals surface area contributed by atoms with Crippen LogP contribution in [-0.2, 0) is 46.4 Å². The molecule has 0 radical (unpaired) electrons. The molecule has 42 nitrogen and oxygen atoms in total. The van der Waals surface area contributed by atoms with Gasteiger partial charge in [0.1, 0.15) is 63.0 Å². The maximum atomic E-state index is 15.6. The number of amides is 16. The summed E-state index contributed by atoms with van der Waals surface area (Å²) >= 11 is 6.87. The summed E-state index contributed by atoms with van der Waals surface area (Å²) in [5, 5.41) is 51.1. The number of halogens is 2. The van der Waals surface area contributed by atoms with Gasteiger partial charge in [0.15, 0.2) is 47.3 Å². The van der Waals surface area contributed by atoms with Gasteiger partial charge in [-0.3, -0.25) is 87.5 Å². The number of alkyl halides is 2. The summed E-state index contributed by atoms with van der Waals surface area (Å²) in [7, 11) is -8.71. The third-order valence-electron chi connectivity index (χ3n) is 22.8. The van der Waals surface area contributed by atoms with E-state index < -0.39 is 218 Å². The number of hydrogen-bond acceptors (Lipinski definition) is 24. The molecule has 0 bridgehead atoms. The number of ether oxygens (including phenoxy) is 4. The van der Waals surface area contributed by atoms with Gasteiger partial charge in [-0.05, 0) is 64.8 Å². The third-order valence-corrected chi connectivity index (χ3v) is 25.1. The quantitative estimate of drug-likeness (QED) is 0.0330. The van der Waals surface area contributed by atoms with Crippen LogP contribution in [0.2, 0.25) is 0 Å². The van der Waals surface area contributed by atoms with Crippen LogP contribution in [-0.4, -0.2) is 370 Å². The van der Waals surface area contributed by atoms with Gasteiger partial charge in [-0.25, -0.2) is 38.4 Å². The van der Waals surface area contributed by atoms with Gasteiger partial charge in [-0.1, -0.05) is 31.9 Å². The van der Waals surface area contributed by atoms with Gasteiger partial charge in [-0.15, -0.1) is 0 Å². The first-order valence-electron chi connectivity index (χ1n) is 33.7. The molecule has 13 heterocycles. The topological polar surface area (TPSA) is 507 Å².